The van der Waals surface area contributed by atoms with Gasteiger partial charge in [-0.15, -0.1) is 0 Å². The Morgan fingerprint density at radius 3 is 1.52 bits per heavy atom. The van der Waals surface area contributed by atoms with Crippen molar-refractivity contribution in [2.75, 3.05) is 4.90 Å². The Balaban J connectivity index is 0.866. The Morgan fingerprint density at radius 2 is 0.806 bits per heavy atom. The van der Waals surface area contributed by atoms with Gasteiger partial charge in [0.2, 0.25) is 0 Å². The first-order valence-corrected chi connectivity index (χ1v) is 22.9. The molecule has 0 aliphatic carbocycles. The first-order valence-electron chi connectivity index (χ1n) is 22.9. The van der Waals surface area contributed by atoms with Crippen molar-refractivity contribution in [1.29, 1.82) is 0 Å². The zero-order valence-electron chi connectivity index (χ0n) is 36.6. The Hall–Kier alpha value is -8.92. The number of anilines is 3. The van der Waals surface area contributed by atoms with Crippen molar-refractivity contribution >= 4 is 71.6 Å². The van der Waals surface area contributed by atoms with Crippen molar-refractivity contribution in [3.05, 3.63) is 255 Å². The largest absolute Gasteiger partial charge is 0.456 e. The minimum atomic E-state index is 0.896. The van der Waals surface area contributed by atoms with E-state index in [4.69, 9.17) is 4.42 Å². The molecule has 0 saturated heterocycles. The van der Waals surface area contributed by atoms with Gasteiger partial charge in [0.05, 0.1) is 11.0 Å². The summed E-state index contributed by atoms with van der Waals surface area (Å²) in [4.78, 5) is 2.37. The molecule has 11 aromatic carbocycles. The van der Waals surface area contributed by atoms with Gasteiger partial charge < -0.3 is 13.9 Å². The van der Waals surface area contributed by atoms with E-state index >= 15 is 0 Å². The zero-order chi connectivity index (χ0) is 44.3. The SMILES string of the molecule is c1cc(-c2ccc(-c3ccc(N(c4ccc(-c5cccc6oc7ccccc7c56)cc4)c4cccc(-n5c6ccccc6c6ccccc65)c4)cc3)cc2)cc(-c2ccc3ccccc3c2)c1. The molecule has 0 aliphatic heterocycles. The number of fused-ring (bicyclic) bond motifs is 7. The van der Waals surface area contributed by atoms with E-state index in [1.165, 1.54) is 60.4 Å². The van der Waals surface area contributed by atoms with E-state index in [1.54, 1.807) is 0 Å². The minimum Gasteiger partial charge on any atom is -0.456 e. The molecule has 67 heavy (non-hydrogen) atoms. The van der Waals surface area contributed by atoms with E-state index in [0.29, 0.717) is 0 Å². The second kappa shape index (κ2) is 16.0. The average molecular weight is 855 g/mol. The van der Waals surface area contributed by atoms with Crippen LogP contribution < -0.4 is 4.90 Å². The standard InChI is InChI=1S/C64H42N2O/c1-2-13-48-41-51(31-30-43(48)12-1)50-15-9-14-49(40-50)46-28-26-44(27-29-46)45-32-36-52(37-33-45)65(53-38-34-47(35-39-53)56-21-11-25-63-64(56)59-20-5-8-24-62(59)67-63)54-16-10-17-55(42-54)66-60-22-6-3-18-57(60)58-19-4-7-23-61(58)66/h1-42H. The first kappa shape index (κ1) is 38.5. The number of hydrogen-bond acceptors (Lipinski definition) is 2. The maximum atomic E-state index is 6.28. The summed E-state index contributed by atoms with van der Waals surface area (Å²) in [7, 11) is 0. The lowest BCUT2D eigenvalue weighted by molar-refractivity contribution is 0.669. The van der Waals surface area contributed by atoms with E-state index in [-0.39, 0.29) is 0 Å². The van der Waals surface area contributed by atoms with Crippen LogP contribution in [0.3, 0.4) is 0 Å². The lowest BCUT2D eigenvalue weighted by Gasteiger charge is -2.26. The Morgan fingerprint density at radius 1 is 0.299 bits per heavy atom. The van der Waals surface area contributed by atoms with Gasteiger partial charge in [0.15, 0.2) is 0 Å². The molecule has 13 aromatic rings. The van der Waals surface area contributed by atoms with Crippen LogP contribution in [0, 0.1) is 0 Å². The van der Waals surface area contributed by atoms with Crippen molar-refractivity contribution in [2.24, 2.45) is 0 Å². The molecule has 0 fully saturated rings. The molecule has 3 nitrogen and oxygen atoms in total. The normalized spacial score (nSPS) is 11.6. The summed E-state index contributed by atoms with van der Waals surface area (Å²) in [5.41, 5.74) is 17.9. The van der Waals surface area contributed by atoms with E-state index in [2.05, 4.69) is 252 Å². The van der Waals surface area contributed by atoms with Crippen LogP contribution in [-0.4, -0.2) is 4.57 Å². The number of rotatable bonds is 8. The zero-order valence-corrected chi connectivity index (χ0v) is 36.6. The second-order valence-electron chi connectivity index (χ2n) is 17.3. The summed E-state index contributed by atoms with van der Waals surface area (Å²) in [5, 5.41) is 7.26. The van der Waals surface area contributed by atoms with Crippen LogP contribution in [-0.2, 0) is 0 Å². The maximum Gasteiger partial charge on any atom is 0.136 e. The predicted octanol–water partition coefficient (Wildman–Crippen LogP) is 18.0. The van der Waals surface area contributed by atoms with Crippen LogP contribution in [0.25, 0.3) is 105 Å². The molecule has 13 rings (SSSR count). The summed E-state index contributed by atoms with van der Waals surface area (Å²) in [5.74, 6) is 0. The highest BCUT2D eigenvalue weighted by Gasteiger charge is 2.18. The fraction of sp³-hybridized carbons (Fsp3) is 0. The van der Waals surface area contributed by atoms with Crippen LogP contribution in [0.15, 0.2) is 259 Å². The smallest absolute Gasteiger partial charge is 0.136 e. The first-order chi connectivity index (χ1) is 33.2. The average Bonchev–Trinajstić information content (AvgIpc) is 3.96. The van der Waals surface area contributed by atoms with Crippen LogP contribution >= 0.6 is 0 Å². The number of hydrogen-bond donors (Lipinski definition) is 0. The van der Waals surface area contributed by atoms with Gasteiger partial charge in [-0.05, 0) is 134 Å². The number of furan rings is 1. The number of nitrogens with zero attached hydrogens (tertiary/aromatic N) is 2. The van der Waals surface area contributed by atoms with Crippen LogP contribution in [0.1, 0.15) is 0 Å². The second-order valence-corrected chi connectivity index (χ2v) is 17.3. The van der Waals surface area contributed by atoms with Crippen molar-refractivity contribution in [1.82, 2.24) is 4.57 Å². The molecule has 0 spiro atoms. The van der Waals surface area contributed by atoms with E-state index in [9.17, 15) is 0 Å². The van der Waals surface area contributed by atoms with Crippen molar-refractivity contribution < 1.29 is 4.42 Å². The Labute approximate surface area is 388 Å². The van der Waals surface area contributed by atoms with Gasteiger partial charge in [0.1, 0.15) is 11.2 Å². The van der Waals surface area contributed by atoms with Gasteiger partial charge >= 0.3 is 0 Å². The molecule has 0 atom stereocenters. The molecule has 0 unspecified atom stereocenters. The molecular weight excluding hydrogens is 813 g/mol. The van der Waals surface area contributed by atoms with Gasteiger partial charge in [0, 0.05) is 44.3 Å². The molecule has 0 bridgehead atoms. The molecule has 2 heterocycles. The third kappa shape index (κ3) is 6.76. The van der Waals surface area contributed by atoms with Crippen molar-refractivity contribution in [2.45, 2.75) is 0 Å². The molecule has 2 aromatic heterocycles. The quantitative estimate of drug-likeness (QED) is 0.152. The van der Waals surface area contributed by atoms with E-state index in [0.717, 1.165) is 61.4 Å². The van der Waals surface area contributed by atoms with Gasteiger partial charge in [-0.1, -0.05) is 176 Å². The van der Waals surface area contributed by atoms with Crippen LogP contribution in [0.4, 0.5) is 17.1 Å². The number of aromatic nitrogens is 1. The van der Waals surface area contributed by atoms with Crippen LogP contribution in [0.5, 0.6) is 0 Å². The Bertz CT molecular complexity index is 3920. The molecule has 0 radical (unpaired) electrons. The van der Waals surface area contributed by atoms with Gasteiger partial charge in [-0.3, -0.25) is 0 Å². The minimum absolute atomic E-state index is 0.896. The van der Waals surface area contributed by atoms with Crippen molar-refractivity contribution in [3.8, 4) is 50.2 Å². The number of benzene rings is 11. The third-order valence-electron chi connectivity index (χ3n) is 13.4. The monoisotopic (exact) mass is 854 g/mol. The lowest BCUT2D eigenvalue weighted by Crippen LogP contribution is -2.10. The molecular formula is C64H42N2O. The molecule has 0 aliphatic rings. The highest BCUT2D eigenvalue weighted by Crippen LogP contribution is 2.42. The van der Waals surface area contributed by atoms with E-state index in [1.807, 2.05) is 12.1 Å². The predicted molar refractivity (Wildman–Crippen MR) is 282 cm³/mol. The Kier molecular flexibility index (Phi) is 9.17. The fourth-order valence-electron chi connectivity index (χ4n) is 10.1. The van der Waals surface area contributed by atoms with Gasteiger partial charge in [0.25, 0.3) is 0 Å². The summed E-state index contributed by atoms with van der Waals surface area (Å²) in [6, 6.07) is 91.9. The number of para-hydroxylation sites is 3. The molecule has 0 saturated carbocycles. The van der Waals surface area contributed by atoms with Crippen LogP contribution in [0.2, 0.25) is 0 Å². The van der Waals surface area contributed by atoms with Gasteiger partial charge in [-0.25, -0.2) is 0 Å². The topological polar surface area (TPSA) is 21.3 Å². The summed E-state index contributed by atoms with van der Waals surface area (Å²) in [6.45, 7) is 0. The maximum absolute atomic E-state index is 6.28. The third-order valence-corrected chi connectivity index (χ3v) is 13.4. The highest BCUT2D eigenvalue weighted by molar-refractivity contribution is 6.12. The van der Waals surface area contributed by atoms with Crippen molar-refractivity contribution in [3.63, 3.8) is 0 Å². The summed E-state index contributed by atoms with van der Waals surface area (Å²) < 4.78 is 8.66. The summed E-state index contributed by atoms with van der Waals surface area (Å²) >= 11 is 0. The molecule has 0 N–H and O–H groups in total. The summed E-state index contributed by atoms with van der Waals surface area (Å²) in [6.07, 6.45) is 0. The molecule has 3 heteroatoms. The lowest BCUT2D eigenvalue weighted by atomic mass is 9.96. The van der Waals surface area contributed by atoms with Gasteiger partial charge in [-0.2, -0.15) is 0 Å². The molecule has 314 valence electrons. The highest BCUT2D eigenvalue weighted by atomic mass is 16.3. The fourth-order valence-corrected chi connectivity index (χ4v) is 10.1. The van der Waals surface area contributed by atoms with E-state index < -0.39 is 0 Å². The molecule has 0 amide bonds.